The quantitative estimate of drug-likeness (QED) is 0.0729. The molecular formula is C19H41N7O2S. The number of carbonyl (C=O) groups is 2. The molecule has 0 aromatic heterocycles. The average Bonchev–Trinajstić information content (AvgIpc) is 2.70. The number of rotatable bonds is 17. The number of likely N-dealkylation sites (N-methyl/N-ethyl adjacent to an activating group) is 1. The van der Waals surface area contributed by atoms with Gasteiger partial charge in [-0.3, -0.25) is 14.6 Å². The maximum atomic E-state index is 12.6. The van der Waals surface area contributed by atoms with Crippen molar-refractivity contribution in [2.45, 2.75) is 70.0 Å². The third kappa shape index (κ3) is 13.3. The summed E-state index contributed by atoms with van der Waals surface area (Å²) >= 11 is 4.17. The lowest BCUT2D eigenvalue weighted by molar-refractivity contribution is -0.129. The molecule has 0 aliphatic rings. The summed E-state index contributed by atoms with van der Waals surface area (Å²) in [6.07, 6.45) is 6.11. The van der Waals surface area contributed by atoms with Crippen LogP contribution in [0.25, 0.3) is 0 Å². The van der Waals surface area contributed by atoms with Crippen molar-refractivity contribution < 1.29 is 9.59 Å². The highest BCUT2D eigenvalue weighted by Gasteiger charge is 2.23. The minimum Gasteiger partial charge on any atom is -0.370 e. The molecule has 3 atom stereocenters. The van der Waals surface area contributed by atoms with E-state index in [4.69, 9.17) is 11.5 Å². The molecule has 0 heterocycles. The predicted molar refractivity (Wildman–Crippen MR) is 123 cm³/mol. The number of hydrogen-bond acceptors (Lipinski definition) is 6. The first-order valence-corrected chi connectivity index (χ1v) is 11.1. The topological polar surface area (TPSA) is 147 Å². The Morgan fingerprint density at radius 3 is 2.21 bits per heavy atom. The molecular weight excluding hydrogens is 390 g/mol. The lowest BCUT2D eigenvalue weighted by atomic mass is 10.1. The molecule has 170 valence electrons. The Bertz CT molecular complexity index is 479. The highest BCUT2D eigenvalue weighted by molar-refractivity contribution is 7.80. The van der Waals surface area contributed by atoms with Crippen LogP contribution in [-0.4, -0.2) is 68.8 Å². The summed E-state index contributed by atoms with van der Waals surface area (Å²) in [6, 6.07) is -0.511. The van der Waals surface area contributed by atoms with Crippen molar-refractivity contribution >= 4 is 30.4 Å². The molecule has 0 saturated carbocycles. The number of carbonyl (C=O) groups excluding carboxylic acids is 2. The number of thiol groups is 1. The number of nitrogens with zero attached hydrogens (tertiary/aromatic N) is 1. The van der Waals surface area contributed by atoms with Crippen LogP contribution in [-0.2, 0) is 9.59 Å². The summed E-state index contributed by atoms with van der Waals surface area (Å²) in [5.74, 6) is 0.0222. The van der Waals surface area contributed by atoms with Gasteiger partial charge in [-0.15, -0.1) is 0 Å². The van der Waals surface area contributed by atoms with Gasteiger partial charge in [0, 0.05) is 24.9 Å². The Kier molecular flexibility index (Phi) is 16.4. The zero-order valence-electron chi connectivity index (χ0n) is 18.2. The summed E-state index contributed by atoms with van der Waals surface area (Å²) in [5.41, 5.74) is 10.6. The summed E-state index contributed by atoms with van der Waals surface area (Å²) < 4.78 is 0. The molecule has 10 heteroatoms. The normalized spacial score (nSPS) is 13.9. The van der Waals surface area contributed by atoms with Crippen LogP contribution in [0.1, 0.15) is 51.9 Å². The van der Waals surface area contributed by atoms with Gasteiger partial charge in [0.05, 0.1) is 6.04 Å². The maximum absolute atomic E-state index is 12.6. The van der Waals surface area contributed by atoms with Crippen LogP contribution >= 0.6 is 12.6 Å². The standard InChI is InChI=1S/C19H41N7O2S/c1-4-14(22-2)9-5-7-11-24-17(27)15(10-6-8-12-25-19(20)21)26-18(28)16(13-29)23-3/h14-16,22-23,29H,4-13H2,1-3H3,(H,24,27)(H,26,28)(H4,20,21,25). The third-order valence-corrected chi connectivity index (χ3v) is 5.22. The van der Waals surface area contributed by atoms with E-state index >= 15 is 0 Å². The molecule has 0 radical (unpaired) electrons. The first kappa shape index (κ1) is 27.5. The number of amides is 2. The molecule has 9 nitrogen and oxygen atoms in total. The maximum Gasteiger partial charge on any atom is 0.242 e. The van der Waals surface area contributed by atoms with E-state index in [1.165, 1.54) is 0 Å². The Hall–Kier alpha value is -1.52. The van der Waals surface area contributed by atoms with E-state index in [1.807, 2.05) is 7.05 Å². The van der Waals surface area contributed by atoms with Crippen LogP contribution in [0.15, 0.2) is 4.99 Å². The number of hydrogen-bond donors (Lipinski definition) is 7. The zero-order chi connectivity index (χ0) is 22.1. The van der Waals surface area contributed by atoms with Gasteiger partial charge in [0.25, 0.3) is 0 Å². The van der Waals surface area contributed by atoms with Crippen LogP contribution in [0.2, 0.25) is 0 Å². The third-order valence-electron chi connectivity index (χ3n) is 4.86. The number of nitrogens with two attached hydrogens (primary N) is 2. The second-order valence-electron chi connectivity index (χ2n) is 7.07. The Morgan fingerprint density at radius 2 is 1.66 bits per heavy atom. The van der Waals surface area contributed by atoms with Crippen molar-refractivity contribution in [2.24, 2.45) is 16.5 Å². The van der Waals surface area contributed by atoms with Gasteiger partial charge in [0.15, 0.2) is 5.96 Å². The fourth-order valence-corrected chi connectivity index (χ4v) is 3.27. The first-order chi connectivity index (χ1) is 13.9. The monoisotopic (exact) mass is 431 g/mol. The molecule has 0 rings (SSSR count). The number of aliphatic imine (C=N–C) groups is 1. The van der Waals surface area contributed by atoms with Crippen LogP contribution in [0.5, 0.6) is 0 Å². The summed E-state index contributed by atoms with van der Waals surface area (Å²) in [4.78, 5) is 28.9. The number of guanidine groups is 1. The van der Waals surface area contributed by atoms with Crippen molar-refractivity contribution in [1.29, 1.82) is 0 Å². The molecule has 2 amide bonds. The predicted octanol–water partition coefficient (Wildman–Crippen LogP) is -0.283. The minimum absolute atomic E-state index is 0.0572. The average molecular weight is 432 g/mol. The minimum atomic E-state index is -0.585. The van der Waals surface area contributed by atoms with Crippen molar-refractivity contribution in [3.63, 3.8) is 0 Å². The van der Waals surface area contributed by atoms with Gasteiger partial charge in [0.2, 0.25) is 11.8 Å². The molecule has 0 aromatic carbocycles. The van der Waals surface area contributed by atoms with E-state index in [0.717, 1.165) is 38.5 Å². The highest BCUT2D eigenvalue weighted by atomic mass is 32.1. The molecule has 0 aromatic rings. The second kappa shape index (κ2) is 17.3. The van der Waals surface area contributed by atoms with Gasteiger partial charge in [-0.1, -0.05) is 13.3 Å². The molecule has 0 spiro atoms. The molecule has 29 heavy (non-hydrogen) atoms. The molecule has 3 unspecified atom stereocenters. The largest absolute Gasteiger partial charge is 0.370 e. The van der Waals surface area contributed by atoms with E-state index in [9.17, 15) is 9.59 Å². The van der Waals surface area contributed by atoms with Gasteiger partial charge in [-0.25, -0.2) is 0 Å². The lowest BCUT2D eigenvalue weighted by Crippen LogP contribution is -2.52. The summed E-state index contributed by atoms with van der Waals surface area (Å²) in [6.45, 7) is 3.26. The van der Waals surface area contributed by atoms with Crippen molar-refractivity contribution in [3.8, 4) is 0 Å². The smallest absolute Gasteiger partial charge is 0.242 e. The zero-order valence-corrected chi connectivity index (χ0v) is 19.1. The van der Waals surface area contributed by atoms with E-state index in [0.29, 0.717) is 31.3 Å². The van der Waals surface area contributed by atoms with Crippen molar-refractivity contribution in [2.75, 3.05) is 32.9 Å². The van der Waals surface area contributed by atoms with E-state index in [1.54, 1.807) is 7.05 Å². The first-order valence-electron chi connectivity index (χ1n) is 10.5. The molecule has 0 fully saturated rings. The fourth-order valence-electron chi connectivity index (χ4n) is 2.92. The van der Waals surface area contributed by atoms with E-state index < -0.39 is 12.1 Å². The highest BCUT2D eigenvalue weighted by Crippen LogP contribution is 2.05. The van der Waals surface area contributed by atoms with Gasteiger partial charge in [0.1, 0.15) is 6.04 Å². The molecule has 8 N–H and O–H groups in total. The Balaban J connectivity index is 4.54. The summed E-state index contributed by atoms with van der Waals surface area (Å²) in [7, 11) is 3.67. The van der Waals surface area contributed by atoms with Gasteiger partial charge < -0.3 is 32.7 Å². The number of unbranched alkanes of at least 4 members (excludes halogenated alkanes) is 2. The van der Waals surface area contributed by atoms with E-state index in [2.05, 4.69) is 45.8 Å². The van der Waals surface area contributed by atoms with Crippen LogP contribution in [0.3, 0.4) is 0 Å². The van der Waals surface area contributed by atoms with Crippen LogP contribution in [0, 0.1) is 0 Å². The lowest BCUT2D eigenvalue weighted by Gasteiger charge is -2.21. The van der Waals surface area contributed by atoms with E-state index in [-0.39, 0.29) is 17.8 Å². The Labute approximate surface area is 181 Å². The van der Waals surface area contributed by atoms with Gasteiger partial charge >= 0.3 is 0 Å². The van der Waals surface area contributed by atoms with Crippen LogP contribution < -0.4 is 32.7 Å². The molecule has 0 aliphatic heterocycles. The molecule has 0 aliphatic carbocycles. The van der Waals surface area contributed by atoms with Crippen molar-refractivity contribution in [3.05, 3.63) is 0 Å². The molecule has 0 saturated heterocycles. The van der Waals surface area contributed by atoms with Crippen molar-refractivity contribution in [1.82, 2.24) is 21.3 Å². The SMILES string of the molecule is CCC(CCCCNC(=O)C(CCCCN=C(N)N)NC(=O)C(CS)NC)NC. The van der Waals surface area contributed by atoms with Gasteiger partial charge in [-0.2, -0.15) is 12.6 Å². The summed E-state index contributed by atoms with van der Waals surface area (Å²) in [5, 5.41) is 12.0. The van der Waals surface area contributed by atoms with Crippen LogP contribution in [0.4, 0.5) is 0 Å². The second-order valence-corrected chi connectivity index (χ2v) is 7.43. The number of nitrogens with one attached hydrogen (secondary N) is 4. The molecule has 0 bridgehead atoms. The Morgan fingerprint density at radius 1 is 0.966 bits per heavy atom. The fraction of sp³-hybridized carbons (Fsp3) is 0.842. The van der Waals surface area contributed by atoms with Gasteiger partial charge in [-0.05, 0) is 52.6 Å².